The summed E-state index contributed by atoms with van der Waals surface area (Å²) < 4.78 is 12.6. The molecular formula is C27H28N4O5. The number of pyridine rings is 1. The lowest BCUT2D eigenvalue weighted by Gasteiger charge is -2.42. The number of fused-ring (bicyclic) bond motifs is 4. The zero-order chi connectivity index (χ0) is 25.1. The van der Waals surface area contributed by atoms with Gasteiger partial charge in [-0.2, -0.15) is 0 Å². The zero-order valence-electron chi connectivity index (χ0n) is 20.0. The van der Waals surface area contributed by atoms with Crippen molar-refractivity contribution >= 4 is 23.3 Å². The Bertz CT molecular complexity index is 1320. The van der Waals surface area contributed by atoms with E-state index in [4.69, 9.17) is 9.47 Å². The molecule has 5 rings (SSSR count). The maximum Gasteiger partial charge on any atom is 0.323 e. The number of methoxy groups -OCH3 is 1. The number of likely N-dealkylation sites (tertiary alicyclic amines) is 1. The molecule has 2 N–H and O–H groups in total. The zero-order valence-corrected chi connectivity index (χ0v) is 20.0. The minimum absolute atomic E-state index is 0.0135. The number of nitrogens with zero attached hydrogens (tertiary/aromatic N) is 2. The second-order valence-electron chi connectivity index (χ2n) is 9.07. The number of anilines is 2. The van der Waals surface area contributed by atoms with Gasteiger partial charge in [-0.3, -0.25) is 9.59 Å². The molecule has 2 aliphatic heterocycles. The van der Waals surface area contributed by atoms with Crippen molar-refractivity contribution in [2.75, 3.05) is 37.4 Å². The highest BCUT2D eigenvalue weighted by Crippen LogP contribution is 2.35. The molecule has 9 heteroatoms. The van der Waals surface area contributed by atoms with Gasteiger partial charge in [0.2, 0.25) is 0 Å². The molecule has 36 heavy (non-hydrogen) atoms. The average molecular weight is 489 g/mol. The van der Waals surface area contributed by atoms with Crippen molar-refractivity contribution in [3.8, 4) is 11.5 Å². The highest BCUT2D eigenvalue weighted by Gasteiger charge is 2.36. The van der Waals surface area contributed by atoms with Gasteiger partial charge in [-0.05, 0) is 48.7 Å². The molecule has 3 amide bonds. The summed E-state index contributed by atoms with van der Waals surface area (Å²) in [5.41, 5.74) is 1.35. The monoisotopic (exact) mass is 488 g/mol. The summed E-state index contributed by atoms with van der Waals surface area (Å²) in [7, 11) is 1.52. The van der Waals surface area contributed by atoms with Crippen LogP contribution < -0.4 is 25.7 Å². The van der Waals surface area contributed by atoms with Gasteiger partial charge in [0.1, 0.15) is 17.2 Å². The van der Waals surface area contributed by atoms with Crippen molar-refractivity contribution in [3.63, 3.8) is 0 Å². The molecule has 186 valence electrons. The van der Waals surface area contributed by atoms with E-state index in [-0.39, 0.29) is 35.6 Å². The van der Waals surface area contributed by atoms with Crippen LogP contribution in [0.5, 0.6) is 11.5 Å². The maximum absolute atomic E-state index is 13.2. The molecule has 2 aromatic carbocycles. The predicted molar refractivity (Wildman–Crippen MR) is 136 cm³/mol. The van der Waals surface area contributed by atoms with E-state index in [2.05, 4.69) is 10.6 Å². The van der Waals surface area contributed by atoms with Crippen LogP contribution in [0.15, 0.2) is 71.5 Å². The molecule has 3 aromatic rings. The lowest BCUT2D eigenvalue weighted by molar-refractivity contribution is -0.136. The van der Waals surface area contributed by atoms with E-state index < -0.39 is 6.03 Å². The summed E-state index contributed by atoms with van der Waals surface area (Å²) in [6.45, 7) is 1.59. The number of urea groups is 1. The van der Waals surface area contributed by atoms with Gasteiger partial charge in [-0.15, -0.1) is 0 Å². The third kappa shape index (κ3) is 4.91. The third-order valence-corrected chi connectivity index (χ3v) is 6.67. The van der Waals surface area contributed by atoms with Gasteiger partial charge in [0.25, 0.3) is 11.5 Å². The lowest BCUT2D eigenvalue weighted by atomic mass is 9.83. The van der Waals surface area contributed by atoms with Crippen molar-refractivity contribution in [2.24, 2.45) is 5.92 Å². The molecule has 0 saturated carbocycles. The first-order valence-electron chi connectivity index (χ1n) is 11.9. The average Bonchev–Trinajstić information content (AvgIpc) is 2.90. The SMILES string of the molecule is COc1ccccc1NC(=O)Nc1ccc2n(c1=O)C[C@H]1C[C@@H]2CN(C(=O)COc2ccccc2)C1. The van der Waals surface area contributed by atoms with Crippen molar-refractivity contribution in [2.45, 2.75) is 18.9 Å². The number of ether oxygens (including phenoxy) is 2. The molecular weight excluding hydrogens is 460 g/mol. The fraction of sp³-hybridized carbons (Fsp3) is 0.296. The number of piperidine rings is 1. The van der Waals surface area contributed by atoms with Gasteiger partial charge in [0, 0.05) is 31.2 Å². The van der Waals surface area contributed by atoms with Crippen LogP contribution in [-0.4, -0.2) is 48.2 Å². The number of hydrogen-bond donors (Lipinski definition) is 2. The molecule has 1 saturated heterocycles. The third-order valence-electron chi connectivity index (χ3n) is 6.67. The molecule has 1 fully saturated rings. The Morgan fingerprint density at radius 3 is 2.47 bits per heavy atom. The number of rotatable bonds is 6. The topological polar surface area (TPSA) is 102 Å². The van der Waals surface area contributed by atoms with Crippen LogP contribution in [0.2, 0.25) is 0 Å². The summed E-state index contributed by atoms with van der Waals surface area (Å²) in [6, 6.07) is 19.3. The van der Waals surface area contributed by atoms with Crippen LogP contribution in [0.1, 0.15) is 18.0 Å². The Labute approximate surface area is 208 Å². The number of para-hydroxylation sites is 3. The largest absolute Gasteiger partial charge is 0.495 e. The van der Waals surface area contributed by atoms with Crippen molar-refractivity contribution < 1.29 is 19.1 Å². The van der Waals surface area contributed by atoms with Gasteiger partial charge >= 0.3 is 6.03 Å². The lowest BCUT2D eigenvalue weighted by Crippen LogP contribution is -2.50. The molecule has 9 nitrogen and oxygen atoms in total. The van der Waals surface area contributed by atoms with E-state index in [0.717, 1.165) is 12.1 Å². The summed E-state index contributed by atoms with van der Waals surface area (Å²) in [5.74, 6) is 1.34. The number of carbonyl (C=O) groups excluding carboxylic acids is 2. The highest BCUT2D eigenvalue weighted by atomic mass is 16.5. The van der Waals surface area contributed by atoms with Crippen LogP contribution in [-0.2, 0) is 11.3 Å². The highest BCUT2D eigenvalue weighted by molar-refractivity contribution is 6.00. The molecule has 3 heterocycles. The molecule has 2 aliphatic rings. The fourth-order valence-corrected chi connectivity index (χ4v) is 5.02. The molecule has 1 aromatic heterocycles. The van der Waals surface area contributed by atoms with Gasteiger partial charge in [0.05, 0.1) is 12.8 Å². The van der Waals surface area contributed by atoms with Gasteiger partial charge in [-0.25, -0.2) is 4.79 Å². The van der Waals surface area contributed by atoms with Crippen LogP contribution in [0.3, 0.4) is 0 Å². The standard InChI is InChI=1S/C27H28N4O5/c1-35-24-10-6-5-9-21(24)28-27(34)29-22-11-12-23-19-13-18(15-31(23)26(22)33)14-30(16-19)25(32)17-36-20-7-3-2-4-8-20/h2-12,18-19H,13-17H2,1H3,(H2,28,29,34)/t18-,19+/m0/s1. The smallest absolute Gasteiger partial charge is 0.323 e. The molecule has 2 bridgehead atoms. The van der Waals surface area contributed by atoms with E-state index in [1.807, 2.05) is 41.3 Å². The Morgan fingerprint density at radius 2 is 1.67 bits per heavy atom. The van der Waals surface area contributed by atoms with E-state index in [1.54, 1.807) is 34.9 Å². The number of amides is 3. The van der Waals surface area contributed by atoms with E-state index in [0.29, 0.717) is 36.8 Å². The van der Waals surface area contributed by atoms with Gasteiger partial charge < -0.3 is 29.6 Å². The summed E-state index contributed by atoms with van der Waals surface area (Å²) in [4.78, 5) is 40.4. The summed E-state index contributed by atoms with van der Waals surface area (Å²) in [5, 5.41) is 5.39. The Hall–Kier alpha value is -4.27. The van der Waals surface area contributed by atoms with Crippen LogP contribution in [0.4, 0.5) is 16.2 Å². The van der Waals surface area contributed by atoms with Gasteiger partial charge in [-0.1, -0.05) is 30.3 Å². The first-order chi connectivity index (χ1) is 17.5. The minimum Gasteiger partial charge on any atom is -0.495 e. The Kier molecular flexibility index (Phi) is 6.62. The quantitative estimate of drug-likeness (QED) is 0.553. The first-order valence-corrected chi connectivity index (χ1v) is 11.9. The van der Waals surface area contributed by atoms with Crippen LogP contribution >= 0.6 is 0 Å². The summed E-state index contributed by atoms with van der Waals surface area (Å²) in [6.07, 6.45) is 0.920. The Morgan fingerprint density at radius 1 is 0.917 bits per heavy atom. The number of benzene rings is 2. The van der Waals surface area contributed by atoms with Gasteiger partial charge in [0.15, 0.2) is 6.61 Å². The summed E-state index contributed by atoms with van der Waals surface area (Å²) >= 11 is 0. The predicted octanol–water partition coefficient (Wildman–Crippen LogP) is 3.53. The number of nitrogens with one attached hydrogen (secondary N) is 2. The van der Waals surface area contributed by atoms with Crippen molar-refractivity contribution in [1.29, 1.82) is 0 Å². The first kappa shape index (κ1) is 23.5. The van der Waals surface area contributed by atoms with E-state index in [1.165, 1.54) is 7.11 Å². The molecule has 0 unspecified atom stereocenters. The van der Waals surface area contributed by atoms with Crippen LogP contribution in [0, 0.1) is 5.92 Å². The van der Waals surface area contributed by atoms with E-state index >= 15 is 0 Å². The normalized spacial score (nSPS) is 18.1. The second-order valence-corrected chi connectivity index (χ2v) is 9.07. The fourth-order valence-electron chi connectivity index (χ4n) is 5.02. The van der Waals surface area contributed by atoms with Crippen LogP contribution in [0.25, 0.3) is 0 Å². The number of carbonyl (C=O) groups is 2. The molecule has 2 atom stereocenters. The molecule has 0 spiro atoms. The van der Waals surface area contributed by atoms with Crippen molar-refractivity contribution in [3.05, 3.63) is 82.8 Å². The minimum atomic E-state index is -0.525. The molecule has 0 aliphatic carbocycles. The number of hydrogen-bond acceptors (Lipinski definition) is 5. The Balaban J connectivity index is 1.26. The molecule has 0 radical (unpaired) electrons. The van der Waals surface area contributed by atoms with E-state index in [9.17, 15) is 14.4 Å². The number of aromatic nitrogens is 1. The second kappa shape index (κ2) is 10.2. The van der Waals surface area contributed by atoms with Crippen molar-refractivity contribution in [1.82, 2.24) is 9.47 Å². The maximum atomic E-state index is 13.2.